The minimum atomic E-state index is -0.634. The standard InChI is InChI=1S/C15H19FN4O2/c16-13-3-1-12(2-4-13)15(21)9-19-5-6-22-14(7-19)8-20-11-17-10-18-20/h1-4,10-11,14-15,21H,5-9H2/t14-,15-/m0/s1. The second-order valence-electron chi connectivity index (χ2n) is 5.44. The number of aliphatic hydroxyl groups is 1. The molecule has 0 radical (unpaired) electrons. The summed E-state index contributed by atoms with van der Waals surface area (Å²) in [4.78, 5) is 6.07. The van der Waals surface area contributed by atoms with Crippen molar-refractivity contribution in [2.24, 2.45) is 0 Å². The van der Waals surface area contributed by atoms with Gasteiger partial charge in [-0.05, 0) is 17.7 Å². The number of halogens is 1. The van der Waals surface area contributed by atoms with Crippen LogP contribution in [0.15, 0.2) is 36.9 Å². The summed E-state index contributed by atoms with van der Waals surface area (Å²) in [7, 11) is 0. The Morgan fingerprint density at radius 2 is 2.18 bits per heavy atom. The second-order valence-corrected chi connectivity index (χ2v) is 5.44. The van der Waals surface area contributed by atoms with Gasteiger partial charge in [-0.25, -0.2) is 9.37 Å². The minimum Gasteiger partial charge on any atom is -0.387 e. The zero-order valence-corrected chi connectivity index (χ0v) is 12.2. The Labute approximate surface area is 128 Å². The molecule has 3 rings (SSSR count). The molecule has 1 saturated heterocycles. The molecule has 1 aromatic carbocycles. The topological polar surface area (TPSA) is 63.4 Å². The maximum absolute atomic E-state index is 12.9. The molecule has 6 nitrogen and oxygen atoms in total. The molecule has 2 atom stereocenters. The van der Waals surface area contributed by atoms with Crippen molar-refractivity contribution in [3.63, 3.8) is 0 Å². The van der Waals surface area contributed by atoms with Gasteiger partial charge >= 0.3 is 0 Å². The van der Waals surface area contributed by atoms with Gasteiger partial charge < -0.3 is 9.84 Å². The summed E-state index contributed by atoms with van der Waals surface area (Å²) < 4.78 is 20.4. The lowest BCUT2D eigenvalue weighted by molar-refractivity contribution is -0.0487. The summed E-state index contributed by atoms with van der Waals surface area (Å²) in [5, 5.41) is 14.3. The molecule has 7 heteroatoms. The van der Waals surface area contributed by atoms with Crippen molar-refractivity contribution < 1.29 is 14.2 Å². The summed E-state index contributed by atoms with van der Waals surface area (Å²) in [6, 6.07) is 5.97. The number of morpholine rings is 1. The highest BCUT2D eigenvalue weighted by Gasteiger charge is 2.23. The van der Waals surface area contributed by atoms with Crippen LogP contribution in [0.1, 0.15) is 11.7 Å². The lowest BCUT2D eigenvalue weighted by Gasteiger charge is -2.34. The van der Waals surface area contributed by atoms with Crippen molar-refractivity contribution in [3.8, 4) is 0 Å². The summed E-state index contributed by atoms with van der Waals surface area (Å²) in [5.41, 5.74) is 0.723. The van der Waals surface area contributed by atoms with E-state index in [4.69, 9.17) is 4.74 Å². The fourth-order valence-corrected chi connectivity index (χ4v) is 2.63. The molecule has 1 aliphatic heterocycles. The van der Waals surface area contributed by atoms with Gasteiger partial charge in [0.05, 0.1) is 25.4 Å². The fourth-order valence-electron chi connectivity index (χ4n) is 2.63. The molecule has 0 unspecified atom stereocenters. The van der Waals surface area contributed by atoms with Gasteiger partial charge in [0, 0.05) is 19.6 Å². The Balaban J connectivity index is 1.54. The van der Waals surface area contributed by atoms with E-state index in [2.05, 4.69) is 15.0 Å². The van der Waals surface area contributed by atoms with Gasteiger partial charge in [-0.3, -0.25) is 9.58 Å². The molecule has 0 aliphatic carbocycles. The highest BCUT2D eigenvalue weighted by Crippen LogP contribution is 2.17. The van der Waals surface area contributed by atoms with Gasteiger partial charge in [0.25, 0.3) is 0 Å². The largest absolute Gasteiger partial charge is 0.387 e. The van der Waals surface area contributed by atoms with Crippen LogP contribution >= 0.6 is 0 Å². The van der Waals surface area contributed by atoms with Crippen molar-refractivity contribution >= 4 is 0 Å². The van der Waals surface area contributed by atoms with Crippen LogP contribution in [-0.2, 0) is 11.3 Å². The van der Waals surface area contributed by atoms with E-state index in [0.29, 0.717) is 19.7 Å². The van der Waals surface area contributed by atoms with Crippen LogP contribution in [-0.4, -0.2) is 57.1 Å². The average Bonchev–Trinajstić information content (AvgIpc) is 3.01. The highest BCUT2D eigenvalue weighted by atomic mass is 19.1. The number of hydrogen-bond donors (Lipinski definition) is 1. The molecule has 2 aromatic rings. The predicted molar refractivity (Wildman–Crippen MR) is 77.6 cm³/mol. The molecule has 1 fully saturated rings. The molecule has 118 valence electrons. The van der Waals surface area contributed by atoms with E-state index in [-0.39, 0.29) is 11.9 Å². The van der Waals surface area contributed by atoms with Gasteiger partial charge in [-0.2, -0.15) is 5.10 Å². The van der Waals surface area contributed by atoms with Gasteiger partial charge in [0.1, 0.15) is 18.5 Å². The lowest BCUT2D eigenvalue weighted by atomic mass is 10.1. The first-order valence-corrected chi connectivity index (χ1v) is 7.30. The highest BCUT2D eigenvalue weighted by molar-refractivity contribution is 5.18. The third-order valence-corrected chi connectivity index (χ3v) is 3.77. The van der Waals surface area contributed by atoms with E-state index in [1.165, 1.54) is 18.5 Å². The Hall–Kier alpha value is -1.83. The second kappa shape index (κ2) is 6.95. The number of benzene rings is 1. The summed E-state index contributed by atoms with van der Waals surface area (Å²) in [5.74, 6) is -0.296. The maximum atomic E-state index is 12.9. The van der Waals surface area contributed by atoms with E-state index in [1.807, 2.05) is 0 Å². The molecule has 1 aliphatic rings. The first-order valence-electron chi connectivity index (χ1n) is 7.30. The number of hydrogen-bond acceptors (Lipinski definition) is 5. The predicted octanol–water partition coefficient (Wildman–Crippen LogP) is 0.852. The van der Waals surface area contributed by atoms with Crippen molar-refractivity contribution in [1.29, 1.82) is 0 Å². The first-order chi connectivity index (χ1) is 10.7. The Morgan fingerprint density at radius 3 is 2.91 bits per heavy atom. The molecular weight excluding hydrogens is 287 g/mol. The van der Waals surface area contributed by atoms with E-state index >= 15 is 0 Å². The third-order valence-electron chi connectivity index (χ3n) is 3.77. The van der Waals surface area contributed by atoms with Crippen molar-refractivity contribution in [1.82, 2.24) is 19.7 Å². The van der Waals surface area contributed by atoms with Crippen molar-refractivity contribution in [2.75, 3.05) is 26.2 Å². The van der Waals surface area contributed by atoms with Crippen LogP contribution in [0.5, 0.6) is 0 Å². The Kier molecular flexibility index (Phi) is 4.77. The zero-order valence-electron chi connectivity index (χ0n) is 12.2. The molecular formula is C15H19FN4O2. The third kappa shape index (κ3) is 3.88. The number of β-amino-alcohol motifs (C(OH)–C–C–N with tert-alkyl or cyclic N) is 1. The van der Waals surface area contributed by atoms with Crippen LogP contribution < -0.4 is 0 Å². The van der Waals surface area contributed by atoms with E-state index in [9.17, 15) is 9.50 Å². The monoisotopic (exact) mass is 306 g/mol. The van der Waals surface area contributed by atoms with Crippen LogP contribution in [0.2, 0.25) is 0 Å². The van der Waals surface area contributed by atoms with Crippen LogP contribution in [0.4, 0.5) is 4.39 Å². The van der Waals surface area contributed by atoms with Crippen LogP contribution in [0.25, 0.3) is 0 Å². The molecule has 0 bridgehead atoms. The molecule has 0 saturated carbocycles. The maximum Gasteiger partial charge on any atom is 0.137 e. The smallest absolute Gasteiger partial charge is 0.137 e. The normalized spacial score (nSPS) is 20.9. The molecule has 1 aromatic heterocycles. The minimum absolute atomic E-state index is 0.0240. The summed E-state index contributed by atoms with van der Waals surface area (Å²) >= 11 is 0. The SMILES string of the molecule is O[C@@H](CN1CCO[C@H](Cn2cncn2)C1)c1ccc(F)cc1. The fraction of sp³-hybridized carbons (Fsp3) is 0.467. The summed E-state index contributed by atoms with van der Waals surface area (Å²) in [6.45, 7) is 3.26. The molecule has 2 heterocycles. The number of aliphatic hydroxyl groups excluding tert-OH is 1. The van der Waals surface area contributed by atoms with Gasteiger partial charge in [0.15, 0.2) is 0 Å². The van der Waals surface area contributed by atoms with Gasteiger partial charge in [-0.1, -0.05) is 12.1 Å². The van der Waals surface area contributed by atoms with Crippen molar-refractivity contribution in [3.05, 3.63) is 48.3 Å². The van der Waals surface area contributed by atoms with E-state index in [0.717, 1.165) is 18.7 Å². The Bertz CT molecular complexity index is 576. The number of rotatable bonds is 5. The van der Waals surface area contributed by atoms with E-state index < -0.39 is 6.10 Å². The molecule has 1 N–H and O–H groups in total. The molecule has 22 heavy (non-hydrogen) atoms. The average molecular weight is 306 g/mol. The van der Waals surface area contributed by atoms with Gasteiger partial charge in [0.2, 0.25) is 0 Å². The number of nitrogens with zero attached hydrogens (tertiary/aromatic N) is 4. The first kappa shape index (κ1) is 15.1. The van der Waals surface area contributed by atoms with Crippen LogP contribution in [0, 0.1) is 5.82 Å². The number of aromatic nitrogens is 3. The van der Waals surface area contributed by atoms with Crippen LogP contribution in [0.3, 0.4) is 0 Å². The molecule has 0 spiro atoms. The zero-order chi connectivity index (χ0) is 15.4. The quantitative estimate of drug-likeness (QED) is 0.887. The number of ether oxygens (including phenoxy) is 1. The van der Waals surface area contributed by atoms with Crippen molar-refractivity contribution in [2.45, 2.75) is 18.8 Å². The summed E-state index contributed by atoms with van der Waals surface area (Å²) in [6.07, 6.45) is 2.55. The molecule has 0 amide bonds. The van der Waals surface area contributed by atoms with E-state index in [1.54, 1.807) is 23.1 Å². The Morgan fingerprint density at radius 1 is 1.36 bits per heavy atom. The lowest BCUT2D eigenvalue weighted by Crippen LogP contribution is -2.45. The van der Waals surface area contributed by atoms with Gasteiger partial charge in [-0.15, -0.1) is 0 Å².